The Labute approximate surface area is 385 Å². The maximum Gasteiger partial charge on any atom is 0.485 e. The third-order valence-corrected chi connectivity index (χ3v) is 17.1. The fourth-order valence-corrected chi connectivity index (χ4v) is 12.9. The molecule has 19 heteroatoms. The molecule has 0 amide bonds. The first-order valence-corrected chi connectivity index (χ1v) is 26.7. The molecule has 0 spiro atoms. The number of hydrogen-bond donors (Lipinski definition) is 1. The molecule has 0 aromatic rings. The minimum Gasteiger partial charge on any atom is -0.741 e. The van der Waals surface area contributed by atoms with Crippen molar-refractivity contribution in [1.82, 2.24) is 0 Å². The van der Waals surface area contributed by atoms with Gasteiger partial charge in [0.2, 0.25) is 4.20 Å². The molecule has 1 aliphatic heterocycles. The van der Waals surface area contributed by atoms with E-state index in [1.807, 2.05) is 4.20 Å². The number of hydrogen-bond acceptors (Lipinski definition) is 6. The maximum absolute atomic E-state index is 13.9. The minimum atomic E-state index is -6.09. The molecule has 0 unspecified atom stereocenters. The largest absolute Gasteiger partial charge is 0.741 e. The SMILES string of the molecule is C.CCCCCC1CCC(C2CCC(C(F)(F)OCC(F)(F)F)CC2)CC1.CCCCCC1CCC(C2CCC(C3=[S+]CCCS3)CC2)CC1.O=S(=O)([O-])C(F)(F)F.OCC(F)(F)F. The van der Waals surface area contributed by atoms with E-state index in [0.29, 0.717) is 24.7 Å². The molecule has 5 aliphatic rings. The van der Waals surface area contributed by atoms with Crippen LogP contribution >= 0.6 is 11.8 Å². The smallest absolute Gasteiger partial charge is 0.485 e. The van der Waals surface area contributed by atoms with Crippen molar-refractivity contribution in [3.63, 3.8) is 0 Å². The molecule has 4 aliphatic carbocycles. The molecule has 1 heterocycles. The third-order valence-electron chi connectivity index (χ3n) is 13.6. The van der Waals surface area contributed by atoms with Crippen molar-refractivity contribution in [2.24, 2.45) is 47.3 Å². The van der Waals surface area contributed by atoms with Gasteiger partial charge in [0.15, 0.2) is 27.2 Å². The van der Waals surface area contributed by atoms with Crippen LogP contribution in [-0.4, -0.2) is 71.0 Å². The summed E-state index contributed by atoms with van der Waals surface area (Å²) in [7, 11) is -6.09. The number of halogens is 11. The van der Waals surface area contributed by atoms with E-state index in [1.165, 1.54) is 108 Å². The molecule has 5 rings (SSSR count). The zero-order chi connectivity index (χ0) is 47.3. The predicted molar refractivity (Wildman–Crippen MR) is 237 cm³/mol. The summed E-state index contributed by atoms with van der Waals surface area (Å²) in [6.07, 6.45) is 18.8. The van der Waals surface area contributed by atoms with Gasteiger partial charge in [0.25, 0.3) is 0 Å². The normalized spacial score (nSPS) is 28.4. The number of alkyl halides is 11. The van der Waals surface area contributed by atoms with Gasteiger partial charge in [-0.15, -0.1) is 0 Å². The lowest BCUT2D eigenvalue weighted by Crippen LogP contribution is -2.38. The Hall–Kier alpha value is -0.500. The highest BCUT2D eigenvalue weighted by Gasteiger charge is 2.46. The van der Waals surface area contributed by atoms with E-state index >= 15 is 0 Å². The molecule has 0 atom stereocenters. The van der Waals surface area contributed by atoms with Crippen LogP contribution in [0.25, 0.3) is 0 Å². The summed E-state index contributed by atoms with van der Waals surface area (Å²) in [6, 6.07) is 0. The fourth-order valence-electron chi connectivity index (χ4n) is 9.99. The van der Waals surface area contributed by atoms with E-state index in [2.05, 4.69) is 41.7 Å². The zero-order valence-electron chi connectivity index (χ0n) is 37.1. The lowest BCUT2D eigenvalue weighted by molar-refractivity contribution is -0.314. The van der Waals surface area contributed by atoms with Gasteiger partial charge in [-0.05, 0) is 113 Å². The molecule has 0 aromatic heterocycles. The predicted octanol–water partition coefficient (Wildman–Crippen LogP) is 15.1. The van der Waals surface area contributed by atoms with Gasteiger partial charge >= 0.3 is 24.0 Å². The number of rotatable bonds is 14. The molecule has 382 valence electrons. The number of aliphatic hydroxyl groups excluding tert-OH is 1. The monoisotopic (exact) mass is 1000 g/mol. The van der Waals surface area contributed by atoms with E-state index in [1.54, 1.807) is 38.5 Å². The summed E-state index contributed by atoms with van der Waals surface area (Å²) < 4.78 is 160. The van der Waals surface area contributed by atoms with Gasteiger partial charge in [0.1, 0.15) is 13.2 Å². The van der Waals surface area contributed by atoms with Crippen molar-refractivity contribution in [3.8, 4) is 0 Å². The van der Waals surface area contributed by atoms with Crippen molar-refractivity contribution >= 4 is 37.4 Å². The second-order valence-corrected chi connectivity index (χ2v) is 22.2. The van der Waals surface area contributed by atoms with E-state index < -0.39 is 53.2 Å². The van der Waals surface area contributed by atoms with Crippen LogP contribution in [0.3, 0.4) is 0 Å². The van der Waals surface area contributed by atoms with E-state index in [9.17, 15) is 48.3 Å². The quantitative estimate of drug-likeness (QED) is 0.0466. The Morgan fingerprint density at radius 2 is 1.02 bits per heavy atom. The molecule has 64 heavy (non-hydrogen) atoms. The third kappa shape index (κ3) is 25.2. The Morgan fingerprint density at radius 1 is 0.641 bits per heavy atom. The van der Waals surface area contributed by atoms with Gasteiger partial charge in [-0.1, -0.05) is 110 Å². The molecule has 0 aromatic carbocycles. The summed E-state index contributed by atoms with van der Waals surface area (Å²) in [4.78, 5) is 0. The van der Waals surface area contributed by atoms with Crippen LogP contribution in [-0.2, 0) is 26.2 Å². The average molecular weight is 1000 g/mol. The van der Waals surface area contributed by atoms with Gasteiger partial charge in [-0.25, -0.2) is 8.42 Å². The van der Waals surface area contributed by atoms with Gasteiger partial charge in [0, 0.05) is 18.1 Å². The standard InChI is InChI=1S/C21H37S2.C20H33F5O.C2H3F3O.CHF3O3S.CH4/c1-2-3-4-6-17-7-9-18(10-8-17)19-11-13-20(14-12-19)21-22-15-5-16-23-21;1-2-3-4-5-15-6-8-16(9-7-15)17-10-12-18(13-11-17)20(24,25)26-14-19(21,22)23;3-2(4,5)1-6;2-1(3,4)8(5,6)7;/h17-20H,2-16H2,1H3;15-18H,2-14H2,1H3;6H,1H2;(H,5,6,7);1H4/q+1;;;;/p-1. The topological polar surface area (TPSA) is 86.7 Å². The molecule has 4 saturated carbocycles. The molecule has 0 bridgehead atoms. The lowest BCUT2D eigenvalue weighted by Gasteiger charge is -2.39. The maximum atomic E-state index is 13.9. The molecule has 5 nitrogen and oxygen atoms in total. The summed E-state index contributed by atoms with van der Waals surface area (Å²) in [6.45, 7) is 0.940. The van der Waals surface area contributed by atoms with Crippen LogP contribution in [0.4, 0.5) is 48.3 Å². The van der Waals surface area contributed by atoms with Crippen molar-refractivity contribution in [1.29, 1.82) is 0 Å². The van der Waals surface area contributed by atoms with E-state index in [0.717, 1.165) is 29.6 Å². The highest BCUT2D eigenvalue weighted by molar-refractivity contribution is 8.23. The average Bonchev–Trinajstić information content (AvgIpc) is 3.24. The molecule has 0 radical (unpaired) electrons. The fraction of sp³-hybridized carbons (Fsp3) is 0.978. The van der Waals surface area contributed by atoms with Crippen LogP contribution in [0.2, 0.25) is 0 Å². The number of unbranched alkanes of at least 4 members (excludes halogenated alkanes) is 4. The Balaban J connectivity index is 0.000000490. The molecule has 1 N–H and O–H groups in total. The highest BCUT2D eigenvalue weighted by Crippen LogP contribution is 2.47. The Morgan fingerprint density at radius 3 is 1.33 bits per heavy atom. The summed E-state index contributed by atoms with van der Waals surface area (Å²) in [5.74, 6) is 7.84. The molecule has 0 saturated heterocycles. The first-order valence-electron chi connectivity index (χ1n) is 23.3. The number of ether oxygens (including phenoxy) is 1. The molecule has 4 fully saturated rings. The van der Waals surface area contributed by atoms with Crippen molar-refractivity contribution in [3.05, 3.63) is 0 Å². The van der Waals surface area contributed by atoms with Crippen LogP contribution in [0.5, 0.6) is 0 Å². The number of aliphatic hydroxyl groups is 1. The van der Waals surface area contributed by atoms with Crippen molar-refractivity contribution < 1.29 is 71.1 Å². The Kier molecular flexibility index (Phi) is 29.0. The van der Waals surface area contributed by atoms with Crippen LogP contribution in [0.15, 0.2) is 0 Å². The van der Waals surface area contributed by atoms with Crippen LogP contribution in [0.1, 0.15) is 182 Å². The van der Waals surface area contributed by atoms with Crippen LogP contribution in [0, 0.1) is 47.3 Å². The van der Waals surface area contributed by atoms with Gasteiger partial charge in [-0.2, -0.15) is 48.3 Å². The number of thioether (sulfide) groups is 1. The van der Waals surface area contributed by atoms with Crippen LogP contribution < -0.4 is 0 Å². The van der Waals surface area contributed by atoms with Crippen molar-refractivity contribution in [2.45, 2.75) is 206 Å². The van der Waals surface area contributed by atoms with E-state index in [-0.39, 0.29) is 20.3 Å². The molecular formula is C45H77F11O5S3. The first kappa shape index (κ1) is 61.5. The van der Waals surface area contributed by atoms with Gasteiger partial charge < -0.3 is 14.4 Å². The lowest BCUT2D eigenvalue weighted by atomic mass is 9.68. The molecular weight excluding hydrogens is 926 g/mol. The van der Waals surface area contributed by atoms with E-state index in [4.69, 9.17) is 18.1 Å². The summed E-state index contributed by atoms with van der Waals surface area (Å²) >= 11 is 4.39. The highest BCUT2D eigenvalue weighted by atomic mass is 32.2. The first-order chi connectivity index (χ1) is 29.4. The van der Waals surface area contributed by atoms with Gasteiger partial charge in [-0.3, -0.25) is 0 Å². The second-order valence-electron chi connectivity index (χ2n) is 18.3. The second kappa shape index (κ2) is 30.2. The zero-order valence-corrected chi connectivity index (χ0v) is 39.5. The van der Waals surface area contributed by atoms with Gasteiger partial charge in [0.05, 0.1) is 5.92 Å². The minimum absolute atomic E-state index is 0. The summed E-state index contributed by atoms with van der Waals surface area (Å²) in [5.41, 5.74) is -5.65. The van der Waals surface area contributed by atoms with Crippen molar-refractivity contribution in [2.75, 3.05) is 24.7 Å². The summed E-state index contributed by atoms with van der Waals surface area (Å²) in [5, 5.41) is 7.28. The Bertz CT molecular complexity index is 1350.